The van der Waals surface area contributed by atoms with Crippen molar-refractivity contribution >= 4 is 16.7 Å². The van der Waals surface area contributed by atoms with Gasteiger partial charge >= 0.3 is 0 Å². The summed E-state index contributed by atoms with van der Waals surface area (Å²) in [6, 6.07) is 12.7. The van der Waals surface area contributed by atoms with Gasteiger partial charge in [0.2, 0.25) is 0 Å². The van der Waals surface area contributed by atoms with Crippen LogP contribution < -0.4 is 5.32 Å². The molecular weight excluding hydrogens is 386 g/mol. The van der Waals surface area contributed by atoms with Crippen molar-refractivity contribution in [2.24, 2.45) is 0 Å². The Bertz CT molecular complexity index is 1170. The predicted molar refractivity (Wildman–Crippen MR) is 113 cm³/mol. The van der Waals surface area contributed by atoms with Gasteiger partial charge in [-0.05, 0) is 48.4 Å². The topological polar surface area (TPSA) is 59.9 Å². The second kappa shape index (κ2) is 8.92. The zero-order chi connectivity index (χ0) is 20.9. The summed E-state index contributed by atoms with van der Waals surface area (Å²) in [5.74, 6) is -0.0382. The summed E-state index contributed by atoms with van der Waals surface area (Å²) in [7, 11) is 1.66. The van der Waals surface area contributed by atoms with Crippen LogP contribution in [0.3, 0.4) is 0 Å². The molecule has 5 nitrogen and oxygen atoms in total. The lowest BCUT2D eigenvalue weighted by Gasteiger charge is -2.12. The quantitative estimate of drug-likeness (QED) is 0.434. The Balaban J connectivity index is 1.80. The van der Waals surface area contributed by atoms with Crippen molar-refractivity contribution in [1.82, 2.24) is 15.0 Å². The largest absolute Gasteiger partial charge is 0.385 e. The van der Waals surface area contributed by atoms with E-state index in [-0.39, 0.29) is 0 Å². The lowest BCUT2D eigenvalue weighted by Crippen LogP contribution is -2.08. The Morgan fingerprint density at radius 1 is 1.00 bits per heavy atom. The van der Waals surface area contributed by atoms with Gasteiger partial charge in [0.1, 0.15) is 17.5 Å². The van der Waals surface area contributed by atoms with Gasteiger partial charge in [-0.3, -0.25) is 4.98 Å². The van der Waals surface area contributed by atoms with E-state index < -0.39 is 11.6 Å². The summed E-state index contributed by atoms with van der Waals surface area (Å²) in [6.07, 6.45) is 4.20. The molecule has 0 saturated carbocycles. The predicted octanol–water partition coefficient (Wildman–Crippen LogP) is 5.09. The monoisotopic (exact) mass is 406 g/mol. The molecule has 0 spiro atoms. The molecule has 0 unspecified atom stereocenters. The number of halogens is 2. The maximum absolute atomic E-state index is 14.3. The third-order valence-corrected chi connectivity index (χ3v) is 4.68. The van der Waals surface area contributed by atoms with Crippen LogP contribution in [0.1, 0.15) is 6.42 Å². The molecule has 152 valence electrons. The highest BCUT2D eigenvalue weighted by molar-refractivity contribution is 5.94. The third kappa shape index (κ3) is 4.26. The first-order valence-electron chi connectivity index (χ1n) is 9.56. The van der Waals surface area contributed by atoms with Crippen LogP contribution >= 0.6 is 0 Å². The average molecular weight is 406 g/mol. The molecule has 0 aliphatic rings. The van der Waals surface area contributed by atoms with Crippen molar-refractivity contribution in [2.75, 3.05) is 25.6 Å². The van der Waals surface area contributed by atoms with Gasteiger partial charge in [0.05, 0.1) is 5.52 Å². The van der Waals surface area contributed by atoms with Crippen LogP contribution in [0.25, 0.3) is 33.4 Å². The summed E-state index contributed by atoms with van der Waals surface area (Å²) < 4.78 is 32.7. The fraction of sp³-hybridized carbons (Fsp3) is 0.174. The van der Waals surface area contributed by atoms with Gasteiger partial charge in [0.25, 0.3) is 0 Å². The molecule has 2 aromatic carbocycles. The maximum Gasteiger partial charge on any atom is 0.163 e. The zero-order valence-electron chi connectivity index (χ0n) is 16.4. The Hall–Kier alpha value is -3.45. The second-order valence-corrected chi connectivity index (χ2v) is 6.77. The molecule has 0 aliphatic heterocycles. The minimum Gasteiger partial charge on any atom is -0.385 e. The number of nitrogens with zero attached hydrogens (tertiary/aromatic N) is 3. The summed E-state index contributed by atoms with van der Waals surface area (Å²) in [5.41, 5.74) is 2.45. The molecular formula is C23H20F2N4O. The standard InChI is InChI=1S/C23H20F2N4O/c1-30-11-3-10-27-23-19-12-15(18-7-6-17(24)13-20(18)25)5-8-21(19)28-22(29-23)16-4-2-9-26-14-16/h2,4-9,12-14H,3,10-11H2,1H3,(H,27,28,29). The van der Waals surface area contributed by atoms with E-state index in [1.165, 1.54) is 12.1 Å². The van der Waals surface area contributed by atoms with Crippen molar-refractivity contribution in [3.05, 3.63) is 72.6 Å². The van der Waals surface area contributed by atoms with Gasteiger partial charge in [-0.1, -0.05) is 6.07 Å². The highest BCUT2D eigenvalue weighted by Crippen LogP contribution is 2.31. The van der Waals surface area contributed by atoms with E-state index in [0.29, 0.717) is 41.4 Å². The van der Waals surface area contributed by atoms with Crippen molar-refractivity contribution in [2.45, 2.75) is 6.42 Å². The fourth-order valence-corrected chi connectivity index (χ4v) is 3.20. The smallest absolute Gasteiger partial charge is 0.163 e. The number of ether oxygens (including phenoxy) is 1. The van der Waals surface area contributed by atoms with Crippen molar-refractivity contribution in [1.29, 1.82) is 0 Å². The number of aromatic nitrogens is 3. The van der Waals surface area contributed by atoms with Crippen LogP contribution in [0.4, 0.5) is 14.6 Å². The molecule has 0 amide bonds. The summed E-state index contributed by atoms with van der Waals surface area (Å²) in [6.45, 7) is 1.28. The molecule has 4 aromatic rings. The number of hydrogen-bond acceptors (Lipinski definition) is 5. The Morgan fingerprint density at radius 2 is 1.90 bits per heavy atom. The Labute approximate surface area is 172 Å². The first kappa shape index (κ1) is 19.8. The van der Waals surface area contributed by atoms with E-state index in [1.807, 2.05) is 24.3 Å². The fourth-order valence-electron chi connectivity index (χ4n) is 3.20. The van der Waals surface area contributed by atoms with Gasteiger partial charge in [0.15, 0.2) is 5.82 Å². The molecule has 0 fully saturated rings. The lowest BCUT2D eigenvalue weighted by molar-refractivity contribution is 0.198. The number of pyridine rings is 1. The zero-order valence-corrected chi connectivity index (χ0v) is 16.4. The average Bonchev–Trinajstić information content (AvgIpc) is 2.77. The number of nitrogens with one attached hydrogen (secondary N) is 1. The van der Waals surface area contributed by atoms with Crippen LogP contribution in [0, 0.1) is 11.6 Å². The van der Waals surface area contributed by atoms with Crippen LogP contribution in [-0.2, 0) is 4.74 Å². The van der Waals surface area contributed by atoms with Gasteiger partial charge in [-0.2, -0.15) is 0 Å². The normalized spacial score (nSPS) is 11.0. The second-order valence-electron chi connectivity index (χ2n) is 6.77. The molecule has 30 heavy (non-hydrogen) atoms. The minimum absolute atomic E-state index is 0.319. The number of anilines is 1. The summed E-state index contributed by atoms with van der Waals surface area (Å²) >= 11 is 0. The molecule has 2 heterocycles. The molecule has 0 saturated heterocycles. The number of benzene rings is 2. The van der Waals surface area contributed by atoms with Crippen molar-refractivity contribution in [3.8, 4) is 22.5 Å². The third-order valence-electron chi connectivity index (χ3n) is 4.68. The first-order chi connectivity index (χ1) is 14.7. The van der Waals surface area contributed by atoms with E-state index in [9.17, 15) is 8.78 Å². The Kier molecular flexibility index (Phi) is 5.90. The molecule has 1 N–H and O–H groups in total. The number of fused-ring (bicyclic) bond motifs is 1. The van der Waals surface area contributed by atoms with E-state index in [2.05, 4.69) is 20.3 Å². The van der Waals surface area contributed by atoms with Gasteiger partial charge in [-0.15, -0.1) is 0 Å². The SMILES string of the molecule is COCCCNc1nc(-c2cccnc2)nc2ccc(-c3ccc(F)cc3F)cc12. The summed E-state index contributed by atoms with van der Waals surface area (Å²) in [4.78, 5) is 13.5. The number of hydrogen-bond donors (Lipinski definition) is 1. The van der Waals surface area contributed by atoms with E-state index in [0.717, 1.165) is 23.4 Å². The van der Waals surface area contributed by atoms with Gasteiger partial charge in [-0.25, -0.2) is 18.7 Å². The molecule has 0 bridgehead atoms. The molecule has 7 heteroatoms. The van der Waals surface area contributed by atoms with E-state index in [1.54, 1.807) is 25.6 Å². The van der Waals surface area contributed by atoms with Gasteiger partial charge < -0.3 is 10.1 Å². The molecule has 0 radical (unpaired) electrons. The van der Waals surface area contributed by atoms with E-state index >= 15 is 0 Å². The van der Waals surface area contributed by atoms with Crippen LogP contribution in [0.2, 0.25) is 0 Å². The molecule has 4 rings (SSSR count). The van der Waals surface area contributed by atoms with Crippen molar-refractivity contribution < 1.29 is 13.5 Å². The lowest BCUT2D eigenvalue weighted by atomic mass is 10.0. The molecule has 0 atom stereocenters. The highest BCUT2D eigenvalue weighted by atomic mass is 19.1. The molecule has 2 aromatic heterocycles. The molecule has 0 aliphatic carbocycles. The Morgan fingerprint density at radius 3 is 2.67 bits per heavy atom. The summed E-state index contributed by atoms with van der Waals surface area (Å²) in [5, 5.41) is 4.08. The number of methoxy groups -OCH3 is 1. The first-order valence-corrected chi connectivity index (χ1v) is 9.56. The maximum atomic E-state index is 14.3. The van der Waals surface area contributed by atoms with Crippen LogP contribution in [-0.4, -0.2) is 35.2 Å². The number of rotatable bonds is 7. The van der Waals surface area contributed by atoms with Gasteiger partial charge in [0, 0.05) is 55.2 Å². The van der Waals surface area contributed by atoms with Crippen molar-refractivity contribution in [3.63, 3.8) is 0 Å². The minimum atomic E-state index is -0.614. The van der Waals surface area contributed by atoms with Crippen LogP contribution in [0.5, 0.6) is 0 Å². The van der Waals surface area contributed by atoms with Crippen LogP contribution in [0.15, 0.2) is 60.9 Å². The highest BCUT2D eigenvalue weighted by Gasteiger charge is 2.13. The van der Waals surface area contributed by atoms with E-state index in [4.69, 9.17) is 4.74 Å².